The minimum atomic E-state index is -0.839. The fourth-order valence-electron chi connectivity index (χ4n) is 0.883. The van der Waals surface area contributed by atoms with Gasteiger partial charge in [0.15, 0.2) is 5.84 Å². The SMILES string of the molecule is C=C(C)OCOC(=O)N=C(N)c1ccccn1. The lowest BCUT2D eigenvalue weighted by Gasteiger charge is -2.04. The van der Waals surface area contributed by atoms with Crippen LogP contribution >= 0.6 is 0 Å². The third-order valence-corrected chi connectivity index (χ3v) is 1.63. The van der Waals surface area contributed by atoms with Crippen molar-refractivity contribution in [2.45, 2.75) is 6.92 Å². The van der Waals surface area contributed by atoms with Crippen molar-refractivity contribution in [3.8, 4) is 0 Å². The van der Waals surface area contributed by atoms with Crippen LogP contribution in [-0.4, -0.2) is 23.7 Å². The molecule has 1 rings (SSSR count). The Kier molecular flexibility index (Phi) is 4.68. The van der Waals surface area contributed by atoms with Crippen molar-refractivity contribution < 1.29 is 14.3 Å². The molecule has 0 bridgehead atoms. The first-order chi connectivity index (χ1) is 8.09. The van der Waals surface area contributed by atoms with E-state index in [0.717, 1.165) is 0 Å². The van der Waals surface area contributed by atoms with Crippen molar-refractivity contribution >= 4 is 11.9 Å². The number of ether oxygens (including phenoxy) is 2. The maximum atomic E-state index is 11.2. The highest BCUT2D eigenvalue weighted by Gasteiger charge is 2.04. The van der Waals surface area contributed by atoms with Crippen LogP contribution in [0.5, 0.6) is 0 Å². The van der Waals surface area contributed by atoms with E-state index in [2.05, 4.69) is 21.3 Å². The van der Waals surface area contributed by atoms with Crippen molar-refractivity contribution in [2.75, 3.05) is 6.79 Å². The zero-order valence-electron chi connectivity index (χ0n) is 9.42. The Morgan fingerprint density at radius 1 is 1.53 bits per heavy atom. The van der Waals surface area contributed by atoms with Gasteiger partial charge in [-0.15, -0.1) is 0 Å². The molecule has 0 radical (unpaired) electrons. The zero-order chi connectivity index (χ0) is 12.7. The number of carbonyl (C=O) groups is 1. The summed E-state index contributed by atoms with van der Waals surface area (Å²) >= 11 is 0. The molecule has 0 aliphatic heterocycles. The van der Waals surface area contributed by atoms with Gasteiger partial charge in [0.05, 0.1) is 5.76 Å². The van der Waals surface area contributed by atoms with Crippen molar-refractivity contribution in [3.05, 3.63) is 42.4 Å². The fourth-order valence-corrected chi connectivity index (χ4v) is 0.883. The molecule has 1 aromatic rings. The second kappa shape index (κ2) is 6.26. The molecular weight excluding hydrogens is 222 g/mol. The Hall–Kier alpha value is -2.37. The summed E-state index contributed by atoms with van der Waals surface area (Å²) in [5.74, 6) is 0.436. The zero-order valence-corrected chi connectivity index (χ0v) is 9.42. The molecule has 0 fully saturated rings. The van der Waals surface area contributed by atoms with E-state index in [-0.39, 0.29) is 12.6 Å². The van der Waals surface area contributed by atoms with Crippen molar-refractivity contribution in [1.82, 2.24) is 4.98 Å². The maximum Gasteiger partial charge on any atom is 0.438 e. The minimum Gasteiger partial charge on any atom is -0.463 e. The van der Waals surface area contributed by atoms with E-state index < -0.39 is 6.09 Å². The van der Waals surface area contributed by atoms with Crippen LogP contribution in [0.2, 0.25) is 0 Å². The number of aromatic nitrogens is 1. The molecule has 6 heteroatoms. The summed E-state index contributed by atoms with van der Waals surface area (Å²) in [5.41, 5.74) is 5.96. The number of pyridine rings is 1. The average Bonchev–Trinajstić information content (AvgIpc) is 2.29. The largest absolute Gasteiger partial charge is 0.463 e. The number of carbonyl (C=O) groups excluding carboxylic acids is 1. The van der Waals surface area contributed by atoms with E-state index in [1.54, 1.807) is 31.3 Å². The van der Waals surface area contributed by atoms with Crippen LogP contribution in [0.4, 0.5) is 4.79 Å². The summed E-state index contributed by atoms with van der Waals surface area (Å²) < 4.78 is 9.46. The van der Waals surface area contributed by atoms with Gasteiger partial charge in [0, 0.05) is 6.20 Å². The van der Waals surface area contributed by atoms with Crippen LogP contribution in [0.3, 0.4) is 0 Å². The number of amidine groups is 1. The van der Waals surface area contributed by atoms with Crippen LogP contribution in [0.15, 0.2) is 41.7 Å². The number of hydrogen-bond acceptors (Lipinski definition) is 4. The molecule has 1 amide bonds. The highest BCUT2D eigenvalue weighted by molar-refractivity contribution is 6.01. The van der Waals surface area contributed by atoms with Gasteiger partial charge in [-0.25, -0.2) is 4.79 Å². The topological polar surface area (TPSA) is 86.8 Å². The lowest BCUT2D eigenvalue weighted by Crippen LogP contribution is -2.18. The quantitative estimate of drug-likeness (QED) is 0.369. The number of rotatable bonds is 4. The molecule has 17 heavy (non-hydrogen) atoms. The van der Waals surface area contributed by atoms with Gasteiger partial charge in [-0.1, -0.05) is 12.6 Å². The molecule has 0 spiro atoms. The molecule has 0 saturated carbocycles. The lowest BCUT2D eigenvalue weighted by atomic mass is 10.3. The molecule has 6 nitrogen and oxygen atoms in total. The van der Waals surface area contributed by atoms with Gasteiger partial charge in [0.2, 0.25) is 6.79 Å². The van der Waals surface area contributed by atoms with E-state index >= 15 is 0 Å². The summed E-state index contributed by atoms with van der Waals surface area (Å²) in [6.07, 6.45) is 0.710. The number of aliphatic imine (C=N–C) groups is 1. The molecule has 0 aliphatic rings. The predicted molar refractivity (Wildman–Crippen MR) is 62.2 cm³/mol. The molecule has 0 unspecified atom stereocenters. The Labute approximate surface area is 98.8 Å². The maximum absolute atomic E-state index is 11.2. The van der Waals surface area contributed by atoms with E-state index in [0.29, 0.717) is 11.5 Å². The molecular formula is C11H13N3O3. The van der Waals surface area contributed by atoms with Crippen molar-refractivity contribution in [1.29, 1.82) is 0 Å². The van der Waals surface area contributed by atoms with Gasteiger partial charge in [0.25, 0.3) is 0 Å². The van der Waals surface area contributed by atoms with E-state index in [9.17, 15) is 4.79 Å². The predicted octanol–water partition coefficient (Wildman–Crippen LogP) is 1.43. The minimum absolute atomic E-state index is 0.00840. The summed E-state index contributed by atoms with van der Waals surface area (Å²) in [5, 5.41) is 0. The molecule has 0 aromatic carbocycles. The first kappa shape index (κ1) is 12.7. The van der Waals surface area contributed by atoms with E-state index in [1.807, 2.05) is 0 Å². The number of nitrogens with two attached hydrogens (primary N) is 1. The van der Waals surface area contributed by atoms with Crippen LogP contribution in [-0.2, 0) is 9.47 Å². The highest BCUT2D eigenvalue weighted by atomic mass is 16.7. The second-order valence-corrected chi connectivity index (χ2v) is 3.09. The first-order valence-corrected chi connectivity index (χ1v) is 4.80. The Morgan fingerprint density at radius 3 is 2.88 bits per heavy atom. The molecule has 1 heterocycles. The molecule has 2 N–H and O–H groups in total. The monoisotopic (exact) mass is 235 g/mol. The lowest BCUT2D eigenvalue weighted by molar-refractivity contribution is 0.0256. The molecule has 90 valence electrons. The van der Waals surface area contributed by atoms with Gasteiger partial charge in [0.1, 0.15) is 5.69 Å². The standard InChI is InChI=1S/C11H13N3O3/c1-8(2)16-7-17-11(15)14-10(12)9-5-3-4-6-13-9/h3-6H,1,7H2,2H3,(H2,12,14,15). The third kappa shape index (κ3) is 4.78. The van der Waals surface area contributed by atoms with Gasteiger partial charge in [-0.3, -0.25) is 4.98 Å². The van der Waals surface area contributed by atoms with Crippen LogP contribution < -0.4 is 5.73 Å². The van der Waals surface area contributed by atoms with E-state index in [1.165, 1.54) is 0 Å². The van der Waals surface area contributed by atoms with Crippen LogP contribution in [0.25, 0.3) is 0 Å². The van der Waals surface area contributed by atoms with Gasteiger partial charge in [-0.2, -0.15) is 4.99 Å². The second-order valence-electron chi connectivity index (χ2n) is 3.09. The normalized spacial score (nSPS) is 10.8. The van der Waals surface area contributed by atoms with Crippen molar-refractivity contribution in [3.63, 3.8) is 0 Å². The summed E-state index contributed by atoms with van der Waals surface area (Å²) in [4.78, 5) is 18.6. The van der Waals surface area contributed by atoms with Crippen LogP contribution in [0.1, 0.15) is 12.6 Å². The Bertz CT molecular complexity index is 429. The Morgan fingerprint density at radius 2 is 2.29 bits per heavy atom. The molecule has 0 saturated heterocycles. The Balaban J connectivity index is 2.51. The summed E-state index contributed by atoms with van der Waals surface area (Å²) in [7, 11) is 0. The smallest absolute Gasteiger partial charge is 0.438 e. The van der Waals surface area contributed by atoms with Gasteiger partial charge < -0.3 is 15.2 Å². The highest BCUT2D eigenvalue weighted by Crippen LogP contribution is 1.96. The molecule has 0 atom stereocenters. The van der Waals surface area contributed by atoms with E-state index in [4.69, 9.17) is 10.5 Å². The number of allylic oxidation sites excluding steroid dienone is 1. The molecule has 0 aliphatic carbocycles. The fraction of sp³-hybridized carbons (Fsp3) is 0.182. The average molecular weight is 235 g/mol. The van der Waals surface area contributed by atoms with Gasteiger partial charge in [-0.05, 0) is 19.1 Å². The molecule has 1 aromatic heterocycles. The van der Waals surface area contributed by atoms with Gasteiger partial charge >= 0.3 is 6.09 Å². The number of amides is 1. The number of nitrogens with zero attached hydrogens (tertiary/aromatic N) is 2. The summed E-state index contributed by atoms with van der Waals surface area (Å²) in [6.45, 7) is 4.87. The van der Waals surface area contributed by atoms with Crippen molar-refractivity contribution in [2.24, 2.45) is 10.7 Å². The third-order valence-electron chi connectivity index (χ3n) is 1.63. The van der Waals surface area contributed by atoms with Crippen LogP contribution in [0, 0.1) is 0 Å². The first-order valence-electron chi connectivity index (χ1n) is 4.80. The number of hydrogen-bond donors (Lipinski definition) is 1. The summed E-state index contributed by atoms with van der Waals surface area (Å²) in [6, 6.07) is 5.10.